The van der Waals surface area contributed by atoms with Crippen LogP contribution in [-0.4, -0.2) is 20.2 Å². The highest BCUT2D eigenvalue weighted by Gasteiger charge is 2.32. The van der Waals surface area contributed by atoms with Crippen molar-refractivity contribution in [1.82, 2.24) is 15.1 Å². The SMILES string of the molecule is Cc1cccc(C(O)c2ccc(-c3noc(C(C)(F)F)n3)cc2)n1. The lowest BCUT2D eigenvalue weighted by Crippen LogP contribution is -2.07. The Morgan fingerprint density at radius 1 is 1.08 bits per heavy atom. The molecule has 0 radical (unpaired) electrons. The number of nitrogens with zero attached hydrogens (tertiary/aromatic N) is 3. The van der Waals surface area contributed by atoms with Gasteiger partial charge in [-0.1, -0.05) is 35.5 Å². The number of hydrogen-bond acceptors (Lipinski definition) is 5. The van der Waals surface area contributed by atoms with E-state index in [9.17, 15) is 13.9 Å². The first-order valence-electron chi connectivity index (χ1n) is 7.28. The van der Waals surface area contributed by atoms with Crippen LogP contribution in [0.5, 0.6) is 0 Å². The molecule has 1 aromatic carbocycles. The van der Waals surface area contributed by atoms with Crippen LogP contribution >= 0.6 is 0 Å². The molecule has 0 bridgehead atoms. The van der Waals surface area contributed by atoms with Crippen molar-refractivity contribution in [2.45, 2.75) is 25.9 Å². The first kappa shape index (κ1) is 16.2. The second kappa shape index (κ2) is 6.09. The van der Waals surface area contributed by atoms with Gasteiger partial charge in [0.05, 0.1) is 5.69 Å². The van der Waals surface area contributed by atoms with E-state index >= 15 is 0 Å². The van der Waals surface area contributed by atoms with Crippen molar-refractivity contribution in [3.63, 3.8) is 0 Å². The van der Waals surface area contributed by atoms with Crippen molar-refractivity contribution in [2.75, 3.05) is 0 Å². The van der Waals surface area contributed by atoms with Crippen LogP contribution in [0.1, 0.15) is 35.9 Å². The molecule has 0 saturated heterocycles. The highest BCUT2D eigenvalue weighted by molar-refractivity contribution is 5.55. The van der Waals surface area contributed by atoms with Crippen molar-refractivity contribution in [1.29, 1.82) is 0 Å². The van der Waals surface area contributed by atoms with Crippen LogP contribution in [0.2, 0.25) is 0 Å². The molecule has 0 aliphatic carbocycles. The second-order valence-corrected chi connectivity index (χ2v) is 5.54. The Labute approximate surface area is 137 Å². The summed E-state index contributed by atoms with van der Waals surface area (Å²) in [5, 5.41) is 13.9. The zero-order valence-electron chi connectivity index (χ0n) is 13.1. The van der Waals surface area contributed by atoms with E-state index in [-0.39, 0.29) is 5.82 Å². The molecule has 24 heavy (non-hydrogen) atoms. The molecule has 7 heteroatoms. The van der Waals surface area contributed by atoms with Gasteiger partial charge in [-0.3, -0.25) is 4.98 Å². The molecule has 0 saturated carbocycles. The Morgan fingerprint density at radius 3 is 2.38 bits per heavy atom. The predicted octanol–water partition coefficient (Wildman–Crippen LogP) is 3.63. The van der Waals surface area contributed by atoms with E-state index in [0.29, 0.717) is 23.7 Å². The Bertz CT molecular complexity index is 842. The number of aromatic nitrogens is 3. The molecular weight excluding hydrogens is 316 g/mol. The summed E-state index contributed by atoms with van der Waals surface area (Å²) in [5.41, 5.74) is 2.49. The molecule has 3 rings (SSSR count). The van der Waals surface area contributed by atoms with Crippen LogP contribution < -0.4 is 0 Å². The number of hydrogen-bond donors (Lipinski definition) is 1. The van der Waals surface area contributed by atoms with Crippen LogP contribution in [0.4, 0.5) is 8.78 Å². The van der Waals surface area contributed by atoms with E-state index in [0.717, 1.165) is 5.69 Å². The monoisotopic (exact) mass is 331 g/mol. The molecule has 0 spiro atoms. The van der Waals surface area contributed by atoms with E-state index in [4.69, 9.17) is 0 Å². The van der Waals surface area contributed by atoms with Gasteiger partial charge in [0.15, 0.2) is 0 Å². The molecular formula is C17H15F2N3O2. The minimum Gasteiger partial charge on any atom is -0.382 e. The number of alkyl halides is 2. The minimum absolute atomic E-state index is 0.0706. The molecule has 1 atom stereocenters. The quantitative estimate of drug-likeness (QED) is 0.790. The highest BCUT2D eigenvalue weighted by atomic mass is 19.3. The number of benzene rings is 1. The van der Waals surface area contributed by atoms with E-state index in [1.807, 2.05) is 19.1 Å². The summed E-state index contributed by atoms with van der Waals surface area (Å²) in [6.45, 7) is 2.54. The third-order valence-electron chi connectivity index (χ3n) is 3.48. The van der Waals surface area contributed by atoms with Crippen molar-refractivity contribution < 1.29 is 18.4 Å². The van der Waals surface area contributed by atoms with Gasteiger partial charge in [0.25, 0.3) is 5.89 Å². The smallest absolute Gasteiger partial charge is 0.322 e. The molecule has 2 heterocycles. The van der Waals surface area contributed by atoms with Crippen LogP contribution in [0, 0.1) is 6.92 Å². The molecule has 0 aliphatic rings. The Balaban J connectivity index is 1.84. The number of aliphatic hydroxyl groups is 1. The van der Waals surface area contributed by atoms with Gasteiger partial charge in [-0.15, -0.1) is 0 Å². The van der Waals surface area contributed by atoms with Crippen molar-refractivity contribution >= 4 is 0 Å². The third kappa shape index (κ3) is 3.30. The van der Waals surface area contributed by atoms with Gasteiger partial charge in [-0.2, -0.15) is 13.8 Å². The summed E-state index contributed by atoms with van der Waals surface area (Å²) in [6, 6.07) is 12.0. The summed E-state index contributed by atoms with van der Waals surface area (Å²) in [7, 11) is 0. The van der Waals surface area contributed by atoms with Crippen molar-refractivity contribution in [2.24, 2.45) is 0 Å². The molecule has 0 amide bonds. The first-order valence-corrected chi connectivity index (χ1v) is 7.28. The number of rotatable bonds is 4. The zero-order valence-corrected chi connectivity index (χ0v) is 13.1. The molecule has 1 N–H and O–H groups in total. The lowest BCUT2D eigenvalue weighted by Gasteiger charge is -2.11. The van der Waals surface area contributed by atoms with Gasteiger partial charge in [0, 0.05) is 18.2 Å². The molecule has 1 unspecified atom stereocenters. The average molecular weight is 331 g/mol. The van der Waals surface area contributed by atoms with Gasteiger partial charge >= 0.3 is 5.92 Å². The van der Waals surface area contributed by atoms with Gasteiger partial charge in [0.1, 0.15) is 6.10 Å². The van der Waals surface area contributed by atoms with Crippen LogP contribution in [0.25, 0.3) is 11.4 Å². The normalized spacial score (nSPS) is 13.0. The number of halogens is 2. The summed E-state index contributed by atoms with van der Waals surface area (Å²) in [4.78, 5) is 7.98. The fourth-order valence-electron chi connectivity index (χ4n) is 2.22. The van der Waals surface area contributed by atoms with Crippen LogP contribution in [0.3, 0.4) is 0 Å². The molecule has 3 aromatic rings. The van der Waals surface area contributed by atoms with Gasteiger partial charge in [-0.25, -0.2) is 0 Å². The van der Waals surface area contributed by atoms with Crippen molar-refractivity contribution in [3.05, 3.63) is 65.3 Å². The molecule has 5 nitrogen and oxygen atoms in total. The lowest BCUT2D eigenvalue weighted by atomic mass is 10.0. The highest BCUT2D eigenvalue weighted by Crippen LogP contribution is 2.28. The zero-order chi connectivity index (χ0) is 17.3. The number of aliphatic hydroxyl groups excluding tert-OH is 1. The number of aryl methyl sites for hydroxylation is 1. The first-order chi connectivity index (χ1) is 11.3. The Morgan fingerprint density at radius 2 is 1.79 bits per heavy atom. The van der Waals surface area contributed by atoms with Crippen LogP contribution in [-0.2, 0) is 5.92 Å². The lowest BCUT2D eigenvalue weighted by molar-refractivity contribution is -0.0158. The molecule has 0 aliphatic heterocycles. The Hall–Kier alpha value is -2.67. The van der Waals surface area contributed by atoms with Crippen molar-refractivity contribution in [3.8, 4) is 11.4 Å². The maximum absolute atomic E-state index is 13.1. The average Bonchev–Trinajstić information content (AvgIpc) is 3.04. The summed E-state index contributed by atoms with van der Waals surface area (Å²) in [5.74, 6) is -3.84. The summed E-state index contributed by atoms with van der Waals surface area (Å²) in [6.07, 6.45) is -0.875. The summed E-state index contributed by atoms with van der Waals surface area (Å²) < 4.78 is 30.8. The Kier molecular flexibility index (Phi) is 4.11. The van der Waals surface area contributed by atoms with Gasteiger partial charge in [0.2, 0.25) is 5.82 Å². The largest absolute Gasteiger partial charge is 0.382 e. The minimum atomic E-state index is -3.18. The van der Waals surface area contributed by atoms with E-state index in [1.54, 1.807) is 30.3 Å². The molecule has 124 valence electrons. The third-order valence-corrected chi connectivity index (χ3v) is 3.48. The van der Waals surface area contributed by atoms with Crippen LogP contribution in [0.15, 0.2) is 47.0 Å². The molecule has 0 fully saturated rings. The topological polar surface area (TPSA) is 72.0 Å². The van der Waals surface area contributed by atoms with Gasteiger partial charge < -0.3 is 9.63 Å². The maximum Gasteiger partial charge on any atom is 0.322 e. The van der Waals surface area contributed by atoms with E-state index in [2.05, 4.69) is 19.6 Å². The summed E-state index contributed by atoms with van der Waals surface area (Å²) >= 11 is 0. The second-order valence-electron chi connectivity index (χ2n) is 5.54. The predicted molar refractivity (Wildman–Crippen MR) is 82.3 cm³/mol. The fourth-order valence-corrected chi connectivity index (χ4v) is 2.22. The van der Waals surface area contributed by atoms with E-state index in [1.165, 1.54) is 0 Å². The van der Waals surface area contributed by atoms with Gasteiger partial charge in [-0.05, 0) is 24.6 Å². The molecule has 2 aromatic heterocycles. The number of pyridine rings is 1. The fraction of sp³-hybridized carbons (Fsp3) is 0.235. The maximum atomic E-state index is 13.1. The van der Waals surface area contributed by atoms with E-state index < -0.39 is 17.9 Å². The standard InChI is InChI=1S/C17H15F2N3O2/c1-10-4-3-5-13(20-10)14(23)11-6-8-12(9-7-11)15-21-16(24-22-15)17(2,18)19/h3-9,14,23H,1-2H3.